The number of benzene rings is 1. The van der Waals surface area contributed by atoms with E-state index >= 15 is 0 Å². The Morgan fingerprint density at radius 1 is 1.07 bits per heavy atom. The Bertz CT molecular complexity index is 770. The number of ether oxygens (including phenoxy) is 4. The van der Waals surface area contributed by atoms with Crippen LogP contribution in [0.1, 0.15) is 5.56 Å². The Morgan fingerprint density at radius 2 is 1.73 bits per heavy atom. The van der Waals surface area contributed by atoms with Crippen LogP contribution in [0.2, 0.25) is 0 Å². The van der Waals surface area contributed by atoms with Crippen LogP contribution in [0.4, 0.5) is 0 Å². The van der Waals surface area contributed by atoms with Crippen molar-refractivity contribution < 1.29 is 23.7 Å². The van der Waals surface area contributed by atoms with Gasteiger partial charge in [-0.2, -0.15) is 0 Å². The number of carbonyl (C=O) groups excluding carboxylic acids is 1. The topological polar surface area (TPSA) is 72.8 Å². The molecule has 30 heavy (non-hydrogen) atoms. The lowest BCUT2D eigenvalue weighted by Crippen LogP contribution is -2.46. The lowest BCUT2D eigenvalue weighted by atomic mass is 10.1. The highest BCUT2D eigenvalue weighted by molar-refractivity contribution is 5.91. The second kappa shape index (κ2) is 12.0. The second-order valence-electron chi connectivity index (χ2n) is 6.72. The van der Waals surface area contributed by atoms with E-state index in [4.69, 9.17) is 18.9 Å². The van der Waals surface area contributed by atoms with E-state index in [1.54, 1.807) is 21.3 Å². The van der Waals surface area contributed by atoms with Crippen LogP contribution in [0, 0.1) is 0 Å². The van der Waals surface area contributed by atoms with E-state index in [9.17, 15) is 4.79 Å². The van der Waals surface area contributed by atoms with Crippen LogP contribution in [0.15, 0.2) is 41.6 Å². The molecule has 8 nitrogen and oxygen atoms in total. The summed E-state index contributed by atoms with van der Waals surface area (Å²) in [6, 6.07) is 3.91. The van der Waals surface area contributed by atoms with Gasteiger partial charge in [0, 0.05) is 51.0 Å². The largest absolute Gasteiger partial charge is 0.493 e. The Labute approximate surface area is 178 Å². The second-order valence-corrected chi connectivity index (χ2v) is 6.72. The van der Waals surface area contributed by atoms with Crippen LogP contribution in [-0.4, -0.2) is 83.1 Å². The van der Waals surface area contributed by atoms with Gasteiger partial charge in [0.1, 0.15) is 6.61 Å². The maximum Gasteiger partial charge on any atom is 0.339 e. The monoisotopic (exact) mass is 417 g/mol. The minimum absolute atomic E-state index is 0.304. The van der Waals surface area contributed by atoms with Crippen LogP contribution in [-0.2, 0) is 16.1 Å². The number of carbonyl (C=O) groups is 1. The van der Waals surface area contributed by atoms with Crippen LogP contribution >= 0.6 is 0 Å². The van der Waals surface area contributed by atoms with E-state index in [-0.39, 0.29) is 0 Å². The average Bonchev–Trinajstić information content (AvgIpc) is 2.77. The van der Waals surface area contributed by atoms with Crippen LogP contribution < -0.4 is 14.2 Å². The Kier molecular flexibility index (Phi) is 9.37. The summed E-state index contributed by atoms with van der Waals surface area (Å²) < 4.78 is 21.7. The normalized spacial score (nSPS) is 15.4. The van der Waals surface area contributed by atoms with E-state index in [0.717, 1.165) is 38.3 Å². The van der Waals surface area contributed by atoms with Gasteiger partial charge in [0.05, 0.1) is 26.9 Å². The number of methoxy groups -OCH3 is 3. The van der Waals surface area contributed by atoms with Gasteiger partial charge >= 0.3 is 5.97 Å². The molecule has 1 aromatic rings. The predicted molar refractivity (Wildman–Crippen MR) is 117 cm³/mol. The standard InChI is InChI=1S/C22H31N3O5/c1-6-17(15-23-2)22(26)30-14-13-24-9-11-25(12-10-24)16-18-7-8-19(27-3)21(29-5)20(18)28-4/h6-8,15H,1-2,9-14,16H2,3-5H3/b17-15+. The fraction of sp³-hybridized carbons (Fsp3) is 0.455. The van der Waals surface area contributed by atoms with Gasteiger partial charge in [-0.15, -0.1) is 0 Å². The fourth-order valence-electron chi connectivity index (χ4n) is 3.34. The van der Waals surface area contributed by atoms with E-state index in [0.29, 0.717) is 36.0 Å². The van der Waals surface area contributed by atoms with Crippen molar-refractivity contribution in [3.05, 3.63) is 42.1 Å². The molecule has 1 aliphatic rings. The van der Waals surface area contributed by atoms with Crippen LogP contribution in [0.5, 0.6) is 17.2 Å². The lowest BCUT2D eigenvalue weighted by molar-refractivity contribution is -0.139. The molecule has 0 atom stereocenters. The van der Waals surface area contributed by atoms with Crippen molar-refractivity contribution in [3.63, 3.8) is 0 Å². The van der Waals surface area contributed by atoms with Crippen molar-refractivity contribution in [2.45, 2.75) is 6.54 Å². The lowest BCUT2D eigenvalue weighted by Gasteiger charge is -2.34. The Balaban J connectivity index is 1.84. The average molecular weight is 418 g/mol. The van der Waals surface area contributed by atoms with Crippen molar-refractivity contribution in [2.24, 2.45) is 4.99 Å². The SMILES string of the molecule is C=C/C(=C\N=C)C(=O)OCCN1CCN(Cc2ccc(OC)c(OC)c2OC)CC1. The van der Waals surface area contributed by atoms with Gasteiger partial charge in [0.25, 0.3) is 0 Å². The summed E-state index contributed by atoms with van der Waals surface area (Å²) in [6.07, 6.45) is 2.76. The maximum atomic E-state index is 11.9. The van der Waals surface area contributed by atoms with Crippen molar-refractivity contribution >= 4 is 12.7 Å². The number of aliphatic imine (C=N–C) groups is 1. The first kappa shape index (κ1) is 23.4. The molecular formula is C22H31N3O5. The zero-order chi connectivity index (χ0) is 21.9. The molecule has 0 spiro atoms. The van der Waals surface area contributed by atoms with Crippen molar-refractivity contribution in [2.75, 3.05) is 60.7 Å². The highest BCUT2D eigenvalue weighted by atomic mass is 16.5. The van der Waals surface area contributed by atoms with Gasteiger partial charge in [-0.3, -0.25) is 14.8 Å². The third-order valence-electron chi connectivity index (χ3n) is 4.97. The molecule has 0 amide bonds. The summed E-state index contributed by atoms with van der Waals surface area (Å²) in [6.45, 7) is 12.3. The van der Waals surface area contributed by atoms with E-state index in [2.05, 4.69) is 28.1 Å². The highest BCUT2D eigenvalue weighted by Crippen LogP contribution is 2.40. The van der Waals surface area contributed by atoms with Gasteiger partial charge in [-0.25, -0.2) is 4.79 Å². The molecule has 2 rings (SSSR count). The smallest absolute Gasteiger partial charge is 0.339 e. The minimum Gasteiger partial charge on any atom is -0.493 e. The van der Waals surface area contributed by atoms with E-state index in [1.807, 2.05) is 12.1 Å². The highest BCUT2D eigenvalue weighted by Gasteiger charge is 2.21. The molecule has 0 aromatic heterocycles. The van der Waals surface area contributed by atoms with Gasteiger partial charge < -0.3 is 18.9 Å². The minimum atomic E-state index is -0.434. The summed E-state index contributed by atoms with van der Waals surface area (Å²) >= 11 is 0. The van der Waals surface area contributed by atoms with Crippen LogP contribution in [0.3, 0.4) is 0 Å². The maximum absolute atomic E-state index is 11.9. The molecule has 0 saturated carbocycles. The number of piperazine rings is 1. The third kappa shape index (κ3) is 6.08. The molecule has 1 aliphatic heterocycles. The molecule has 0 aliphatic carbocycles. The first-order chi connectivity index (χ1) is 14.6. The number of hydrogen-bond acceptors (Lipinski definition) is 8. The van der Waals surface area contributed by atoms with Crippen molar-refractivity contribution in [3.8, 4) is 17.2 Å². The summed E-state index contributed by atoms with van der Waals surface area (Å²) in [5.41, 5.74) is 1.36. The summed E-state index contributed by atoms with van der Waals surface area (Å²) in [7, 11) is 4.86. The van der Waals surface area contributed by atoms with Crippen molar-refractivity contribution in [1.82, 2.24) is 9.80 Å². The van der Waals surface area contributed by atoms with Gasteiger partial charge in [0.2, 0.25) is 5.75 Å². The van der Waals surface area contributed by atoms with Gasteiger partial charge in [-0.1, -0.05) is 18.7 Å². The molecule has 164 valence electrons. The molecule has 0 N–H and O–H groups in total. The quantitative estimate of drug-likeness (QED) is 0.236. The molecular weight excluding hydrogens is 386 g/mol. The molecule has 0 unspecified atom stereocenters. The van der Waals surface area contributed by atoms with Gasteiger partial charge in [-0.05, 0) is 12.8 Å². The molecule has 0 radical (unpaired) electrons. The molecule has 1 aromatic carbocycles. The summed E-state index contributed by atoms with van der Waals surface area (Å²) in [5.74, 6) is 1.52. The molecule has 1 heterocycles. The summed E-state index contributed by atoms with van der Waals surface area (Å²) in [4.78, 5) is 20.1. The third-order valence-corrected chi connectivity index (χ3v) is 4.97. The predicted octanol–water partition coefficient (Wildman–Crippen LogP) is 2.14. The van der Waals surface area contributed by atoms with Gasteiger partial charge in [0.15, 0.2) is 11.5 Å². The molecule has 8 heteroatoms. The number of hydrogen-bond donors (Lipinski definition) is 0. The first-order valence-electron chi connectivity index (χ1n) is 9.76. The Hall–Kier alpha value is -2.84. The zero-order valence-corrected chi connectivity index (χ0v) is 18.1. The zero-order valence-electron chi connectivity index (χ0n) is 18.1. The summed E-state index contributed by atoms with van der Waals surface area (Å²) in [5, 5.41) is 0. The number of esters is 1. The number of rotatable bonds is 11. The fourth-order valence-corrected chi connectivity index (χ4v) is 3.34. The Morgan fingerprint density at radius 3 is 2.30 bits per heavy atom. The number of nitrogens with zero attached hydrogens (tertiary/aromatic N) is 3. The molecule has 1 fully saturated rings. The van der Waals surface area contributed by atoms with Crippen LogP contribution in [0.25, 0.3) is 0 Å². The molecule has 1 saturated heterocycles. The molecule has 0 bridgehead atoms. The van der Waals surface area contributed by atoms with Crippen molar-refractivity contribution in [1.29, 1.82) is 0 Å². The first-order valence-corrected chi connectivity index (χ1v) is 9.76. The van der Waals surface area contributed by atoms with E-state index in [1.165, 1.54) is 12.3 Å². The van der Waals surface area contributed by atoms with E-state index < -0.39 is 5.97 Å².